The number of methoxy groups -OCH3 is 1. The molecule has 5 heteroatoms. The van der Waals surface area contributed by atoms with E-state index in [0.717, 1.165) is 32.5 Å². The minimum atomic E-state index is 0.0600. The number of benzene rings is 1. The molecule has 122 valence electrons. The van der Waals surface area contributed by atoms with E-state index in [2.05, 4.69) is 23.9 Å². The number of rotatable bonds is 6. The molecule has 0 unspecified atom stereocenters. The molecular formula is C17H26N2O3. The molecule has 1 aliphatic rings. The van der Waals surface area contributed by atoms with Crippen molar-refractivity contribution in [2.45, 2.75) is 25.3 Å². The van der Waals surface area contributed by atoms with Crippen LogP contribution in [0, 0.1) is 0 Å². The molecule has 0 aliphatic carbocycles. The van der Waals surface area contributed by atoms with E-state index in [1.807, 2.05) is 0 Å². The highest BCUT2D eigenvalue weighted by molar-refractivity contribution is 5.96. The Bertz CT molecular complexity index is 509. The molecule has 2 rings (SSSR count). The molecule has 0 aromatic heterocycles. The SMILES string of the molecule is COc1cc(C(=O)CCN2CCC(N(C)C)CC2)ccc1O. The number of hydrogen-bond acceptors (Lipinski definition) is 5. The Hall–Kier alpha value is -1.59. The number of ether oxygens (including phenoxy) is 1. The van der Waals surface area contributed by atoms with E-state index in [-0.39, 0.29) is 11.5 Å². The lowest BCUT2D eigenvalue weighted by atomic mass is 10.0. The minimum Gasteiger partial charge on any atom is -0.504 e. The number of phenols is 1. The van der Waals surface area contributed by atoms with E-state index in [9.17, 15) is 9.90 Å². The highest BCUT2D eigenvalue weighted by Crippen LogP contribution is 2.26. The summed E-state index contributed by atoms with van der Waals surface area (Å²) >= 11 is 0. The normalized spacial score (nSPS) is 16.9. The summed E-state index contributed by atoms with van der Waals surface area (Å²) in [5.41, 5.74) is 0.595. The molecule has 1 N–H and O–H groups in total. The summed E-state index contributed by atoms with van der Waals surface area (Å²) in [6, 6.07) is 5.43. The maximum absolute atomic E-state index is 12.3. The van der Waals surface area contributed by atoms with Crippen molar-refractivity contribution in [2.24, 2.45) is 0 Å². The number of hydrogen-bond donors (Lipinski definition) is 1. The maximum Gasteiger partial charge on any atom is 0.164 e. The van der Waals surface area contributed by atoms with Gasteiger partial charge >= 0.3 is 0 Å². The van der Waals surface area contributed by atoms with Gasteiger partial charge in [0.25, 0.3) is 0 Å². The molecule has 0 bridgehead atoms. The highest BCUT2D eigenvalue weighted by Gasteiger charge is 2.21. The van der Waals surface area contributed by atoms with Crippen LogP contribution in [-0.4, -0.2) is 67.6 Å². The van der Waals surface area contributed by atoms with E-state index in [0.29, 0.717) is 23.8 Å². The molecule has 1 saturated heterocycles. The third-order valence-corrected chi connectivity index (χ3v) is 4.44. The lowest BCUT2D eigenvalue weighted by Gasteiger charge is -2.35. The second kappa shape index (κ2) is 7.61. The molecule has 1 heterocycles. The minimum absolute atomic E-state index is 0.0600. The van der Waals surface area contributed by atoms with E-state index in [4.69, 9.17) is 4.74 Å². The molecule has 22 heavy (non-hydrogen) atoms. The summed E-state index contributed by atoms with van der Waals surface area (Å²) in [7, 11) is 5.74. The Morgan fingerprint density at radius 2 is 2.05 bits per heavy atom. The van der Waals surface area contributed by atoms with Crippen molar-refractivity contribution in [3.05, 3.63) is 23.8 Å². The molecular weight excluding hydrogens is 280 g/mol. The number of likely N-dealkylation sites (tertiary alicyclic amines) is 1. The number of aromatic hydroxyl groups is 1. The molecule has 1 fully saturated rings. The lowest BCUT2D eigenvalue weighted by Crippen LogP contribution is -2.42. The molecule has 0 saturated carbocycles. The van der Waals surface area contributed by atoms with Crippen molar-refractivity contribution < 1.29 is 14.6 Å². The third-order valence-electron chi connectivity index (χ3n) is 4.44. The predicted molar refractivity (Wildman–Crippen MR) is 86.8 cm³/mol. The Balaban J connectivity index is 1.83. The smallest absolute Gasteiger partial charge is 0.164 e. The Morgan fingerprint density at radius 1 is 1.36 bits per heavy atom. The Morgan fingerprint density at radius 3 is 2.64 bits per heavy atom. The zero-order valence-electron chi connectivity index (χ0n) is 13.7. The largest absolute Gasteiger partial charge is 0.504 e. The van der Waals surface area contributed by atoms with Gasteiger partial charge in [0.2, 0.25) is 0 Å². The molecule has 1 aliphatic heterocycles. The summed E-state index contributed by atoms with van der Waals surface area (Å²) in [6.45, 7) is 2.90. The van der Waals surface area contributed by atoms with Gasteiger partial charge in [0.1, 0.15) is 0 Å². The fraction of sp³-hybridized carbons (Fsp3) is 0.588. The van der Waals surface area contributed by atoms with Crippen LogP contribution in [0.2, 0.25) is 0 Å². The monoisotopic (exact) mass is 306 g/mol. The Kier molecular flexibility index (Phi) is 5.80. The third kappa shape index (κ3) is 4.21. The van der Waals surface area contributed by atoms with Crippen LogP contribution in [0.25, 0.3) is 0 Å². The van der Waals surface area contributed by atoms with Crippen molar-refractivity contribution in [1.29, 1.82) is 0 Å². The van der Waals surface area contributed by atoms with Gasteiger partial charge in [-0.05, 0) is 58.2 Å². The molecule has 0 radical (unpaired) electrons. The second-order valence-corrected chi connectivity index (χ2v) is 6.10. The topological polar surface area (TPSA) is 53.0 Å². The first-order valence-electron chi connectivity index (χ1n) is 7.80. The number of carbonyl (C=O) groups excluding carboxylic acids is 1. The quantitative estimate of drug-likeness (QED) is 0.815. The van der Waals surface area contributed by atoms with Crippen LogP contribution in [0.1, 0.15) is 29.6 Å². The summed E-state index contributed by atoms with van der Waals surface area (Å²) in [5, 5.41) is 9.57. The zero-order valence-corrected chi connectivity index (χ0v) is 13.7. The number of nitrogens with zero attached hydrogens (tertiary/aromatic N) is 2. The van der Waals surface area contributed by atoms with Gasteiger partial charge in [-0.25, -0.2) is 0 Å². The number of Topliss-reactive ketones (excluding diaryl/α,β-unsaturated/α-hetero) is 1. The van der Waals surface area contributed by atoms with Crippen LogP contribution in [0.15, 0.2) is 18.2 Å². The Labute approximate surface area is 132 Å². The average molecular weight is 306 g/mol. The van der Waals surface area contributed by atoms with Crippen LogP contribution in [0.5, 0.6) is 11.5 Å². The van der Waals surface area contributed by atoms with Gasteiger partial charge in [0, 0.05) is 24.6 Å². The van der Waals surface area contributed by atoms with Crippen LogP contribution >= 0.6 is 0 Å². The fourth-order valence-electron chi connectivity index (χ4n) is 2.91. The van der Waals surface area contributed by atoms with Crippen LogP contribution in [0.4, 0.5) is 0 Å². The highest BCUT2D eigenvalue weighted by atomic mass is 16.5. The summed E-state index contributed by atoms with van der Waals surface area (Å²) < 4.78 is 5.05. The molecule has 0 atom stereocenters. The lowest BCUT2D eigenvalue weighted by molar-refractivity contribution is 0.0940. The fourth-order valence-corrected chi connectivity index (χ4v) is 2.91. The van der Waals surface area contributed by atoms with Crippen molar-refractivity contribution in [3.8, 4) is 11.5 Å². The number of piperidine rings is 1. The van der Waals surface area contributed by atoms with Gasteiger partial charge in [-0.3, -0.25) is 4.79 Å². The molecule has 0 spiro atoms. The van der Waals surface area contributed by atoms with Gasteiger partial charge < -0.3 is 19.6 Å². The molecule has 0 amide bonds. The van der Waals surface area contributed by atoms with E-state index in [1.165, 1.54) is 13.2 Å². The van der Waals surface area contributed by atoms with Crippen LogP contribution < -0.4 is 4.74 Å². The van der Waals surface area contributed by atoms with Gasteiger partial charge in [0.15, 0.2) is 17.3 Å². The van der Waals surface area contributed by atoms with Crippen LogP contribution in [-0.2, 0) is 0 Å². The van der Waals surface area contributed by atoms with E-state index >= 15 is 0 Å². The first-order valence-corrected chi connectivity index (χ1v) is 7.80. The van der Waals surface area contributed by atoms with E-state index in [1.54, 1.807) is 12.1 Å². The van der Waals surface area contributed by atoms with Gasteiger partial charge in [-0.15, -0.1) is 0 Å². The number of ketones is 1. The summed E-state index contributed by atoms with van der Waals surface area (Å²) in [4.78, 5) is 16.9. The van der Waals surface area contributed by atoms with Crippen LogP contribution in [0.3, 0.4) is 0 Å². The predicted octanol–water partition coefficient (Wildman–Crippen LogP) is 2.00. The van der Waals surface area contributed by atoms with Crippen molar-refractivity contribution >= 4 is 5.78 Å². The molecule has 5 nitrogen and oxygen atoms in total. The summed E-state index contributed by atoms with van der Waals surface area (Å²) in [5.74, 6) is 0.496. The number of carbonyl (C=O) groups is 1. The number of phenolic OH excluding ortho intramolecular Hbond substituents is 1. The first kappa shape index (κ1) is 16.8. The van der Waals surface area contributed by atoms with Crippen molar-refractivity contribution in [3.63, 3.8) is 0 Å². The van der Waals surface area contributed by atoms with Gasteiger partial charge in [0.05, 0.1) is 7.11 Å². The summed E-state index contributed by atoms with van der Waals surface area (Å²) in [6.07, 6.45) is 2.82. The second-order valence-electron chi connectivity index (χ2n) is 6.10. The standard InChI is InChI=1S/C17H26N2O3/c1-18(2)14-6-9-19(10-7-14)11-8-15(20)13-4-5-16(21)17(12-13)22-3/h4-5,12,14,21H,6-11H2,1-3H3. The average Bonchev–Trinajstić information content (AvgIpc) is 2.53. The van der Waals surface area contributed by atoms with Crippen molar-refractivity contribution in [1.82, 2.24) is 9.80 Å². The van der Waals surface area contributed by atoms with Gasteiger partial charge in [-0.1, -0.05) is 0 Å². The first-order chi connectivity index (χ1) is 10.5. The van der Waals surface area contributed by atoms with E-state index < -0.39 is 0 Å². The van der Waals surface area contributed by atoms with Gasteiger partial charge in [-0.2, -0.15) is 0 Å². The zero-order chi connectivity index (χ0) is 16.1. The molecule has 1 aromatic carbocycles. The molecule has 1 aromatic rings. The van der Waals surface area contributed by atoms with Crippen molar-refractivity contribution in [2.75, 3.05) is 40.8 Å². The maximum atomic E-state index is 12.3.